The zero-order valence-electron chi connectivity index (χ0n) is 13.0. The van der Waals surface area contributed by atoms with Gasteiger partial charge < -0.3 is 15.2 Å². The topological polar surface area (TPSA) is 75.6 Å². The highest BCUT2D eigenvalue weighted by molar-refractivity contribution is 7.98. The number of carboxylic acid groups (broad SMARTS) is 1. The number of ether oxygens (including phenoxy) is 1. The Balaban J connectivity index is 2.83. The number of aliphatic carboxylic acids is 1. The molecule has 0 radical (unpaired) electrons. The molecule has 7 heteroatoms. The molecule has 0 spiro atoms. The maximum atomic E-state index is 11.7. The van der Waals surface area contributed by atoms with E-state index in [4.69, 9.17) is 16.3 Å². The van der Waals surface area contributed by atoms with E-state index in [0.29, 0.717) is 5.02 Å². The smallest absolute Gasteiger partial charge is 0.408 e. The van der Waals surface area contributed by atoms with Crippen molar-refractivity contribution in [2.24, 2.45) is 0 Å². The van der Waals surface area contributed by atoms with E-state index in [9.17, 15) is 14.7 Å². The molecule has 0 aliphatic heterocycles. The Morgan fingerprint density at radius 2 is 2.00 bits per heavy atom. The number of carboxylic acids is 1. The van der Waals surface area contributed by atoms with Crippen LogP contribution in [0.2, 0.25) is 5.02 Å². The molecule has 0 fully saturated rings. The predicted molar refractivity (Wildman–Crippen MR) is 87.7 cm³/mol. The van der Waals surface area contributed by atoms with E-state index >= 15 is 0 Å². The summed E-state index contributed by atoms with van der Waals surface area (Å²) in [6, 6.07) is 4.26. The van der Waals surface area contributed by atoms with Gasteiger partial charge in [-0.25, -0.2) is 9.59 Å². The second-order valence-corrected chi connectivity index (χ2v) is 7.06. The summed E-state index contributed by atoms with van der Waals surface area (Å²) in [6.07, 6.45) is 1.28. The Hall–Kier alpha value is -1.40. The van der Waals surface area contributed by atoms with E-state index in [0.717, 1.165) is 10.5 Å². The molecule has 0 aliphatic carbocycles. The van der Waals surface area contributed by atoms with E-state index in [1.807, 2.05) is 12.3 Å². The summed E-state index contributed by atoms with van der Waals surface area (Å²) in [7, 11) is 0. The van der Waals surface area contributed by atoms with Crippen molar-refractivity contribution in [1.29, 1.82) is 0 Å². The number of nitrogens with one attached hydrogen (secondary N) is 1. The first-order valence-corrected chi connectivity index (χ1v) is 8.27. The van der Waals surface area contributed by atoms with Crippen LogP contribution in [0.15, 0.2) is 23.1 Å². The standard InChI is InChI=1S/C15H20ClNO4S/c1-15(2,3)21-14(20)17-12(13(18)19)7-9-5-10(16)8-11(6-9)22-4/h5-6,8,12H,7H2,1-4H3,(H,17,20)(H,18,19). The third-order valence-corrected chi connectivity index (χ3v) is 3.52. The van der Waals surface area contributed by atoms with E-state index in [1.54, 1.807) is 32.9 Å². The zero-order chi connectivity index (χ0) is 16.9. The van der Waals surface area contributed by atoms with Gasteiger partial charge >= 0.3 is 12.1 Å². The highest BCUT2D eigenvalue weighted by atomic mass is 35.5. The Morgan fingerprint density at radius 3 is 2.50 bits per heavy atom. The summed E-state index contributed by atoms with van der Waals surface area (Å²) in [5, 5.41) is 12.2. The normalized spacial score (nSPS) is 12.6. The van der Waals surface area contributed by atoms with E-state index in [-0.39, 0.29) is 6.42 Å². The van der Waals surface area contributed by atoms with Gasteiger partial charge in [0, 0.05) is 16.3 Å². The van der Waals surface area contributed by atoms with Gasteiger partial charge in [0.1, 0.15) is 11.6 Å². The van der Waals surface area contributed by atoms with Crippen molar-refractivity contribution in [2.75, 3.05) is 6.26 Å². The van der Waals surface area contributed by atoms with Gasteiger partial charge in [-0.2, -0.15) is 0 Å². The van der Waals surface area contributed by atoms with Gasteiger partial charge in [0.2, 0.25) is 0 Å². The summed E-state index contributed by atoms with van der Waals surface area (Å²) in [6.45, 7) is 5.14. The minimum atomic E-state index is -1.13. The van der Waals surface area contributed by atoms with Crippen LogP contribution in [0.5, 0.6) is 0 Å². The number of thioether (sulfide) groups is 1. The molecule has 22 heavy (non-hydrogen) atoms. The number of benzene rings is 1. The van der Waals surface area contributed by atoms with E-state index in [2.05, 4.69) is 5.32 Å². The number of halogens is 1. The monoisotopic (exact) mass is 345 g/mol. The fraction of sp³-hybridized carbons (Fsp3) is 0.467. The van der Waals surface area contributed by atoms with Crippen LogP contribution >= 0.6 is 23.4 Å². The average Bonchev–Trinajstić information content (AvgIpc) is 2.34. The van der Waals surface area contributed by atoms with Crippen LogP contribution in [0, 0.1) is 0 Å². The number of rotatable bonds is 5. The van der Waals surface area contributed by atoms with E-state index in [1.165, 1.54) is 11.8 Å². The van der Waals surface area contributed by atoms with Gasteiger partial charge in [-0.1, -0.05) is 11.6 Å². The molecule has 1 aromatic carbocycles. The Morgan fingerprint density at radius 1 is 1.36 bits per heavy atom. The molecule has 0 saturated carbocycles. The maximum Gasteiger partial charge on any atom is 0.408 e. The number of hydrogen-bond acceptors (Lipinski definition) is 4. The number of carbonyl (C=O) groups excluding carboxylic acids is 1. The maximum absolute atomic E-state index is 11.7. The minimum absolute atomic E-state index is 0.128. The molecule has 0 bridgehead atoms. The van der Waals surface area contributed by atoms with E-state index < -0.39 is 23.7 Å². The van der Waals surface area contributed by atoms with Crippen molar-refractivity contribution in [3.05, 3.63) is 28.8 Å². The minimum Gasteiger partial charge on any atom is -0.480 e. The molecule has 1 amide bonds. The average molecular weight is 346 g/mol. The van der Waals surface area contributed by atoms with Crippen LogP contribution < -0.4 is 5.32 Å². The van der Waals surface area contributed by atoms with Gasteiger partial charge in [-0.3, -0.25) is 0 Å². The number of hydrogen-bond donors (Lipinski definition) is 2. The van der Waals surface area contributed by atoms with Crippen molar-refractivity contribution >= 4 is 35.4 Å². The Bertz CT molecular complexity index is 557. The summed E-state index contributed by atoms with van der Waals surface area (Å²) >= 11 is 7.52. The van der Waals surface area contributed by atoms with Crippen molar-refractivity contribution in [2.45, 2.75) is 43.7 Å². The summed E-state index contributed by atoms with van der Waals surface area (Å²) in [4.78, 5) is 24.0. The Kier molecular flexibility index (Phi) is 6.56. The molecule has 1 unspecified atom stereocenters. The molecule has 1 rings (SSSR count). The van der Waals surface area contributed by atoms with Crippen LogP contribution in [0.4, 0.5) is 4.79 Å². The van der Waals surface area contributed by atoms with Crippen molar-refractivity contribution in [1.82, 2.24) is 5.32 Å². The zero-order valence-corrected chi connectivity index (χ0v) is 14.5. The van der Waals surface area contributed by atoms with Gasteiger partial charge in [0.25, 0.3) is 0 Å². The van der Waals surface area contributed by atoms with Crippen LogP contribution in [0.3, 0.4) is 0 Å². The van der Waals surface area contributed by atoms with Gasteiger partial charge in [0.15, 0.2) is 0 Å². The van der Waals surface area contributed by atoms with Crippen molar-refractivity contribution < 1.29 is 19.4 Å². The molecule has 0 saturated heterocycles. The molecule has 122 valence electrons. The number of carbonyl (C=O) groups is 2. The second kappa shape index (κ2) is 7.74. The van der Waals surface area contributed by atoms with Crippen LogP contribution in [0.25, 0.3) is 0 Å². The van der Waals surface area contributed by atoms with Crippen LogP contribution in [-0.4, -0.2) is 35.1 Å². The molecule has 5 nitrogen and oxygen atoms in total. The molecular weight excluding hydrogens is 326 g/mol. The molecule has 1 aromatic rings. The number of alkyl carbamates (subject to hydrolysis) is 1. The SMILES string of the molecule is CSc1cc(Cl)cc(CC(NC(=O)OC(C)(C)C)C(=O)O)c1. The van der Waals surface area contributed by atoms with Gasteiger partial charge in [-0.05, 0) is 50.8 Å². The third-order valence-electron chi connectivity index (χ3n) is 2.60. The lowest BCUT2D eigenvalue weighted by Gasteiger charge is -2.22. The Labute approximate surface area is 139 Å². The first-order valence-electron chi connectivity index (χ1n) is 6.66. The number of amides is 1. The lowest BCUT2D eigenvalue weighted by molar-refractivity contribution is -0.139. The van der Waals surface area contributed by atoms with Crippen molar-refractivity contribution in [3.63, 3.8) is 0 Å². The largest absolute Gasteiger partial charge is 0.480 e. The highest BCUT2D eigenvalue weighted by Gasteiger charge is 2.24. The first-order chi connectivity index (χ1) is 10.1. The molecule has 0 aliphatic rings. The predicted octanol–water partition coefficient (Wildman–Crippen LogP) is 3.58. The quantitative estimate of drug-likeness (QED) is 0.798. The molecule has 0 heterocycles. The summed E-state index contributed by atoms with van der Waals surface area (Å²) in [5.74, 6) is -1.13. The highest BCUT2D eigenvalue weighted by Crippen LogP contribution is 2.23. The molecule has 2 N–H and O–H groups in total. The lowest BCUT2D eigenvalue weighted by atomic mass is 10.1. The molecular formula is C15H20ClNO4S. The van der Waals surface area contributed by atoms with Gasteiger partial charge in [-0.15, -0.1) is 11.8 Å². The molecule has 0 aromatic heterocycles. The fourth-order valence-corrected chi connectivity index (χ4v) is 2.58. The van der Waals surface area contributed by atoms with Crippen LogP contribution in [0.1, 0.15) is 26.3 Å². The fourth-order valence-electron chi connectivity index (χ4n) is 1.74. The third kappa shape index (κ3) is 6.58. The second-order valence-electron chi connectivity index (χ2n) is 5.74. The van der Waals surface area contributed by atoms with Gasteiger partial charge in [0.05, 0.1) is 0 Å². The lowest BCUT2D eigenvalue weighted by Crippen LogP contribution is -2.44. The van der Waals surface area contributed by atoms with Crippen LogP contribution in [-0.2, 0) is 16.0 Å². The molecule has 1 atom stereocenters. The first kappa shape index (κ1) is 18.6. The summed E-state index contributed by atoms with van der Waals surface area (Å²) in [5.41, 5.74) is 0.0511. The van der Waals surface area contributed by atoms with Crippen molar-refractivity contribution in [3.8, 4) is 0 Å². The summed E-state index contributed by atoms with van der Waals surface area (Å²) < 4.78 is 5.08.